The summed E-state index contributed by atoms with van der Waals surface area (Å²) in [5.74, 6) is 0. The molecule has 0 saturated carbocycles. The van der Waals surface area contributed by atoms with Crippen LogP contribution in [-0.2, 0) is 0 Å². The molecule has 3 nitrogen and oxygen atoms in total. The molecule has 0 bridgehead atoms. The molecule has 0 radical (unpaired) electrons. The van der Waals surface area contributed by atoms with E-state index in [1.165, 1.54) is 0 Å². The third-order valence-electron chi connectivity index (χ3n) is 1.95. The van der Waals surface area contributed by atoms with E-state index in [-0.39, 0.29) is 0 Å². The summed E-state index contributed by atoms with van der Waals surface area (Å²) in [4.78, 5) is 1.98. The highest BCUT2D eigenvalue weighted by molar-refractivity contribution is 9.10. The Labute approximate surface area is 92.3 Å². The van der Waals surface area contributed by atoms with Gasteiger partial charge >= 0.3 is 0 Å². The second kappa shape index (κ2) is 4.99. The van der Waals surface area contributed by atoms with Gasteiger partial charge in [0, 0.05) is 24.6 Å². The first-order chi connectivity index (χ1) is 6.69. The number of nitrogens with zero attached hydrogens (tertiary/aromatic N) is 2. The molecular formula is C10H12BrN3. The Hall–Kier alpha value is -1.05. The van der Waals surface area contributed by atoms with Gasteiger partial charge < -0.3 is 10.6 Å². The highest BCUT2D eigenvalue weighted by Gasteiger charge is 2.06. The van der Waals surface area contributed by atoms with E-state index in [9.17, 15) is 0 Å². The van der Waals surface area contributed by atoms with Gasteiger partial charge in [-0.1, -0.05) is 15.9 Å². The van der Waals surface area contributed by atoms with Crippen molar-refractivity contribution in [3.63, 3.8) is 0 Å². The van der Waals surface area contributed by atoms with Gasteiger partial charge in [-0.15, -0.1) is 0 Å². The van der Waals surface area contributed by atoms with E-state index in [2.05, 4.69) is 22.0 Å². The molecule has 2 N–H and O–H groups in total. The fraction of sp³-hybridized carbons (Fsp3) is 0.300. The third-order valence-corrected chi connectivity index (χ3v) is 2.45. The van der Waals surface area contributed by atoms with Crippen LogP contribution in [0.4, 0.5) is 5.69 Å². The molecule has 14 heavy (non-hydrogen) atoms. The summed E-state index contributed by atoms with van der Waals surface area (Å²) in [6.07, 6.45) is 0. The van der Waals surface area contributed by atoms with E-state index in [1.807, 2.05) is 30.1 Å². The molecule has 1 aromatic rings. The van der Waals surface area contributed by atoms with Gasteiger partial charge in [0.2, 0.25) is 0 Å². The van der Waals surface area contributed by atoms with Crippen LogP contribution < -0.4 is 10.6 Å². The Kier molecular flexibility index (Phi) is 3.93. The predicted octanol–water partition coefficient (Wildman–Crippen LogP) is 1.72. The first kappa shape index (κ1) is 11.0. The molecule has 1 aromatic carbocycles. The van der Waals surface area contributed by atoms with Crippen LogP contribution in [0.3, 0.4) is 0 Å². The first-order valence-corrected chi connectivity index (χ1v) is 5.09. The van der Waals surface area contributed by atoms with Gasteiger partial charge in [0.15, 0.2) is 0 Å². The van der Waals surface area contributed by atoms with Crippen LogP contribution in [-0.4, -0.2) is 20.1 Å². The SMILES string of the molecule is CN(CCN)c1ccc(Br)cc1C#N. The fourth-order valence-electron chi connectivity index (χ4n) is 1.24. The standard InChI is InChI=1S/C10H12BrN3/c1-14(5-4-12)10-3-2-9(11)6-8(10)7-13/h2-3,6H,4-5,12H2,1H3. The van der Waals surface area contributed by atoms with Crippen molar-refractivity contribution in [2.45, 2.75) is 0 Å². The lowest BCUT2D eigenvalue weighted by Gasteiger charge is -2.19. The second-order valence-electron chi connectivity index (χ2n) is 2.98. The lowest BCUT2D eigenvalue weighted by molar-refractivity contribution is 0.884. The van der Waals surface area contributed by atoms with Gasteiger partial charge in [0.05, 0.1) is 11.3 Å². The van der Waals surface area contributed by atoms with E-state index in [4.69, 9.17) is 11.0 Å². The Morgan fingerprint density at radius 2 is 2.29 bits per heavy atom. The number of halogens is 1. The van der Waals surface area contributed by atoms with E-state index in [0.29, 0.717) is 12.1 Å². The van der Waals surface area contributed by atoms with Crippen molar-refractivity contribution in [2.24, 2.45) is 5.73 Å². The van der Waals surface area contributed by atoms with Crippen LogP contribution in [0.5, 0.6) is 0 Å². The first-order valence-electron chi connectivity index (χ1n) is 4.30. The largest absolute Gasteiger partial charge is 0.372 e. The molecule has 0 aliphatic heterocycles. The molecule has 0 aromatic heterocycles. The minimum absolute atomic E-state index is 0.581. The molecule has 0 aliphatic rings. The Morgan fingerprint density at radius 3 is 2.86 bits per heavy atom. The van der Waals surface area contributed by atoms with E-state index in [0.717, 1.165) is 16.7 Å². The zero-order valence-electron chi connectivity index (χ0n) is 8.00. The molecule has 0 heterocycles. The maximum atomic E-state index is 8.93. The van der Waals surface area contributed by atoms with E-state index in [1.54, 1.807) is 0 Å². The summed E-state index contributed by atoms with van der Waals surface area (Å²) < 4.78 is 0.916. The predicted molar refractivity (Wildman–Crippen MR) is 61.2 cm³/mol. The molecule has 0 atom stereocenters. The number of likely N-dealkylation sites (N-methyl/N-ethyl adjacent to an activating group) is 1. The summed E-state index contributed by atoms with van der Waals surface area (Å²) in [6, 6.07) is 7.81. The van der Waals surface area contributed by atoms with Crippen molar-refractivity contribution in [1.29, 1.82) is 5.26 Å². The third kappa shape index (κ3) is 2.47. The number of nitrogens with two attached hydrogens (primary N) is 1. The van der Waals surface area contributed by atoms with Crippen LogP contribution in [0.25, 0.3) is 0 Å². The molecule has 0 amide bonds. The molecule has 0 unspecified atom stereocenters. The fourth-order valence-corrected chi connectivity index (χ4v) is 1.61. The summed E-state index contributed by atoms with van der Waals surface area (Å²) in [5.41, 5.74) is 7.03. The molecule has 1 rings (SSSR count). The summed E-state index contributed by atoms with van der Waals surface area (Å²) in [6.45, 7) is 1.33. The Morgan fingerprint density at radius 1 is 1.57 bits per heavy atom. The smallest absolute Gasteiger partial charge is 0.101 e. The quantitative estimate of drug-likeness (QED) is 0.893. The molecule has 4 heteroatoms. The average molecular weight is 254 g/mol. The number of hydrogen-bond donors (Lipinski definition) is 1. The topological polar surface area (TPSA) is 53.0 Å². The molecule has 0 saturated heterocycles. The van der Waals surface area contributed by atoms with E-state index < -0.39 is 0 Å². The van der Waals surface area contributed by atoms with Gasteiger partial charge in [-0.2, -0.15) is 5.26 Å². The molecule has 0 aliphatic carbocycles. The highest BCUT2D eigenvalue weighted by Crippen LogP contribution is 2.22. The van der Waals surface area contributed by atoms with Gasteiger partial charge in [-0.3, -0.25) is 0 Å². The van der Waals surface area contributed by atoms with Crippen molar-refractivity contribution in [2.75, 3.05) is 25.0 Å². The zero-order valence-corrected chi connectivity index (χ0v) is 9.58. The number of hydrogen-bond acceptors (Lipinski definition) is 3. The van der Waals surface area contributed by atoms with E-state index >= 15 is 0 Å². The maximum Gasteiger partial charge on any atom is 0.101 e. The zero-order chi connectivity index (χ0) is 10.6. The van der Waals surface area contributed by atoms with Gasteiger partial charge in [-0.05, 0) is 18.2 Å². The number of anilines is 1. The summed E-state index contributed by atoms with van der Waals surface area (Å²) in [7, 11) is 1.93. The maximum absolute atomic E-state index is 8.93. The van der Waals surface area contributed by atoms with Gasteiger partial charge in [0.25, 0.3) is 0 Å². The van der Waals surface area contributed by atoms with Crippen molar-refractivity contribution < 1.29 is 0 Å². The number of benzene rings is 1. The molecule has 0 fully saturated rings. The minimum Gasteiger partial charge on any atom is -0.372 e. The second-order valence-corrected chi connectivity index (χ2v) is 3.90. The molecule has 0 spiro atoms. The molecule has 74 valence electrons. The van der Waals surface area contributed by atoms with Crippen LogP contribution in [0.1, 0.15) is 5.56 Å². The van der Waals surface area contributed by atoms with Crippen LogP contribution in [0, 0.1) is 11.3 Å². The van der Waals surface area contributed by atoms with Crippen LogP contribution in [0.15, 0.2) is 22.7 Å². The lowest BCUT2D eigenvalue weighted by Crippen LogP contribution is -2.25. The Balaban J connectivity index is 3.03. The van der Waals surface area contributed by atoms with Gasteiger partial charge in [-0.25, -0.2) is 0 Å². The van der Waals surface area contributed by atoms with Crippen molar-refractivity contribution in [3.05, 3.63) is 28.2 Å². The number of rotatable bonds is 3. The Bertz CT molecular complexity index is 357. The van der Waals surface area contributed by atoms with Crippen molar-refractivity contribution >= 4 is 21.6 Å². The summed E-state index contributed by atoms with van der Waals surface area (Å²) >= 11 is 3.33. The molecular weight excluding hydrogens is 242 g/mol. The van der Waals surface area contributed by atoms with Crippen molar-refractivity contribution in [3.8, 4) is 6.07 Å². The normalized spacial score (nSPS) is 9.57. The number of nitriles is 1. The van der Waals surface area contributed by atoms with Crippen molar-refractivity contribution in [1.82, 2.24) is 0 Å². The lowest BCUT2D eigenvalue weighted by atomic mass is 10.2. The summed E-state index contributed by atoms with van der Waals surface area (Å²) in [5, 5.41) is 8.93. The average Bonchev–Trinajstić information content (AvgIpc) is 2.17. The minimum atomic E-state index is 0.581. The highest BCUT2D eigenvalue weighted by atomic mass is 79.9. The van der Waals surface area contributed by atoms with Gasteiger partial charge in [0.1, 0.15) is 6.07 Å². The van der Waals surface area contributed by atoms with Crippen LogP contribution in [0.2, 0.25) is 0 Å². The van der Waals surface area contributed by atoms with Crippen LogP contribution >= 0.6 is 15.9 Å². The monoisotopic (exact) mass is 253 g/mol.